The van der Waals surface area contributed by atoms with Gasteiger partial charge in [-0.1, -0.05) is 42.5 Å². The van der Waals surface area contributed by atoms with Gasteiger partial charge in [0.2, 0.25) is 11.8 Å². The molecule has 0 unspecified atom stereocenters. The number of methoxy groups -OCH3 is 1. The van der Waals surface area contributed by atoms with E-state index in [4.69, 9.17) is 9.47 Å². The summed E-state index contributed by atoms with van der Waals surface area (Å²) in [6.45, 7) is 5.19. The highest BCUT2D eigenvalue weighted by atomic mass is 32.2. The van der Waals surface area contributed by atoms with Crippen molar-refractivity contribution in [3.63, 3.8) is 0 Å². The number of anilines is 1. The molecule has 0 saturated carbocycles. The fourth-order valence-electron chi connectivity index (χ4n) is 5.04. The Hall–Kier alpha value is -4.90. The normalized spacial score (nSPS) is 11.9. The maximum absolute atomic E-state index is 14.5. The molecule has 0 heterocycles. The molecule has 248 valence electrons. The first-order chi connectivity index (χ1) is 22.5. The van der Waals surface area contributed by atoms with E-state index >= 15 is 0 Å². The molecule has 11 heteroatoms. The third-order valence-electron chi connectivity index (χ3n) is 7.31. The van der Waals surface area contributed by atoms with E-state index in [1.54, 1.807) is 24.3 Å². The topological polar surface area (TPSA) is 105 Å². The molecular weight excluding hydrogens is 621 g/mol. The minimum absolute atomic E-state index is 0.0145. The van der Waals surface area contributed by atoms with Crippen molar-refractivity contribution in [2.24, 2.45) is 0 Å². The number of nitrogens with zero attached hydrogens (tertiary/aromatic N) is 2. The van der Waals surface area contributed by atoms with Crippen LogP contribution in [0.1, 0.15) is 31.9 Å². The van der Waals surface area contributed by atoms with Gasteiger partial charge < -0.3 is 19.7 Å². The van der Waals surface area contributed by atoms with Gasteiger partial charge in [-0.3, -0.25) is 13.9 Å². The molecule has 4 rings (SSSR count). The van der Waals surface area contributed by atoms with Crippen LogP contribution in [-0.2, 0) is 32.6 Å². The van der Waals surface area contributed by atoms with E-state index in [1.165, 1.54) is 48.4 Å². The summed E-state index contributed by atoms with van der Waals surface area (Å²) in [4.78, 5) is 29.6. The molecule has 4 aromatic carbocycles. The minimum atomic E-state index is -4.35. The number of hydrogen-bond acceptors (Lipinski definition) is 6. The maximum atomic E-state index is 14.5. The van der Waals surface area contributed by atoms with Gasteiger partial charge in [0.1, 0.15) is 29.9 Å². The quantitative estimate of drug-likeness (QED) is 0.178. The second kappa shape index (κ2) is 16.1. The van der Waals surface area contributed by atoms with Crippen LogP contribution in [0.15, 0.2) is 108 Å². The van der Waals surface area contributed by atoms with Gasteiger partial charge in [0.25, 0.3) is 10.0 Å². The lowest BCUT2D eigenvalue weighted by Crippen LogP contribution is -2.54. The van der Waals surface area contributed by atoms with Gasteiger partial charge in [-0.2, -0.15) is 0 Å². The lowest BCUT2D eigenvalue weighted by atomic mass is 10.0. The van der Waals surface area contributed by atoms with Crippen LogP contribution in [-0.4, -0.2) is 57.5 Å². The van der Waals surface area contributed by atoms with E-state index in [2.05, 4.69) is 5.32 Å². The molecule has 1 atom stereocenters. The van der Waals surface area contributed by atoms with Crippen LogP contribution in [0.4, 0.5) is 10.1 Å². The molecule has 1 N–H and O–H groups in total. The molecule has 2 amide bonds. The third kappa shape index (κ3) is 9.32. The van der Waals surface area contributed by atoms with Gasteiger partial charge in [0.15, 0.2) is 0 Å². The van der Waals surface area contributed by atoms with Gasteiger partial charge in [-0.15, -0.1) is 0 Å². The van der Waals surface area contributed by atoms with E-state index in [1.807, 2.05) is 51.1 Å². The van der Waals surface area contributed by atoms with Crippen LogP contribution in [0.2, 0.25) is 0 Å². The number of nitrogens with one attached hydrogen (secondary N) is 1. The van der Waals surface area contributed by atoms with Crippen LogP contribution in [0.3, 0.4) is 0 Å². The van der Waals surface area contributed by atoms with Crippen LogP contribution in [0.5, 0.6) is 11.5 Å². The van der Waals surface area contributed by atoms with E-state index < -0.39 is 34.3 Å². The molecule has 0 fully saturated rings. The summed E-state index contributed by atoms with van der Waals surface area (Å²) in [5, 5.41) is 2.93. The molecule has 4 aromatic rings. The molecule has 0 aliphatic heterocycles. The summed E-state index contributed by atoms with van der Waals surface area (Å²) in [7, 11) is -2.82. The molecule has 0 aliphatic carbocycles. The number of sulfonamides is 1. The summed E-state index contributed by atoms with van der Waals surface area (Å²) in [6.07, 6.45) is 0.178. The van der Waals surface area contributed by atoms with Crippen molar-refractivity contribution in [2.45, 2.75) is 50.7 Å². The number of hydrogen-bond donors (Lipinski definition) is 1. The summed E-state index contributed by atoms with van der Waals surface area (Å²) in [6, 6.07) is 25.9. The molecule has 0 aromatic heterocycles. The number of ether oxygens (including phenoxy) is 2. The Morgan fingerprint density at radius 3 is 2.13 bits per heavy atom. The molecule has 0 saturated heterocycles. The molecule has 0 bridgehead atoms. The molecule has 47 heavy (non-hydrogen) atoms. The van der Waals surface area contributed by atoms with Crippen molar-refractivity contribution in [3.05, 3.63) is 120 Å². The smallest absolute Gasteiger partial charge is 0.264 e. The summed E-state index contributed by atoms with van der Waals surface area (Å²) < 4.78 is 54.1. The fraction of sp³-hybridized carbons (Fsp3) is 0.278. The van der Waals surface area contributed by atoms with Crippen molar-refractivity contribution < 1.29 is 31.9 Å². The molecule has 9 nitrogen and oxygen atoms in total. The number of carbonyl (C=O) groups excluding carboxylic acids is 2. The second-order valence-corrected chi connectivity index (χ2v) is 13.0. The van der Waals surface area contributed by atoms with Crippen molar-refractivity contribution in [3.8, 4) is 11.5 Å². The maximum Gasteiger partial charge on any atom is 0.264 e. The van der Waals surface area contributed by atoms with E-state index in [-0.39, 0.29) is 35.5 Å². The third-order valence-corrected chi connectivity index (χ3v) is 9.09. The zero-order valence-electron chi connectivity index (χ0n) is 26.9. The van der Waals surface area contributed by atoms with Gasteiger partial charge in [-0.05, 0) is 92.6 Å². The first kappa shape index (κ1) is 35.0. The highest BCUT2D eigenvalue weighted by Crippen LogP contribution is 2.27. The molecule has 0 aliphatic rings. The van der Waals surface area contributed by atoms with Crippen LogP contribution in [0.25, 0.3) is 0 Å². The average Bonchev–Trinajstić information content (AvgIpc) is 3.06. The van der Waals surface area contributed by atoms with Gasteiger partial charge >= 0.3 is 0 Å². The van der Waals surface area contributed by atoms with Crippen LogP contribution >= 0.6 is 0 Å². The van der Waals surface area contributed by atoms with Gasteiger partial charge in [-0.25, -0.2) is 12.8 Å². The summed E-state index contributed by atoms with van der Waals surface area (Å²) in [5.41, 5.74) is 1.58. The zero-order chi connectivity index (χ0) is 34.0. The first-order valence-corrected chi connectivity index (χ1v) is 16.7. The SMILES string of the molecule is CCOc1ccc(S(=O)(=O)N(CC(=O)N(Cc2cccc(OC)c2)[C@H](Cc2ccccc2)C(=O)NC(C)C)c2ccc(F)cc2)cc1. The Balaban J connectivity index is 1.80. The number of amides is 2. The number of halogens is 1. The predicted molar refractivity (Wildman–Crippen MR) is 179 cm³/mol. The zero-order valence-corrected chi connectivity index (χ0v) is 27.7. The standard InChI is InChI=1S/C36H40FN3O6S/c1-5-46-31-18-20-33(21-19-31)47(43,44)40(30-16-14-29(37)15-17-30)25-35(41)39(24-28-12-9-13-32(22-28)45-4)34(36(42)38-26(2)3)23-27-10-7-6-8-11-27/h6-22,26,34H,5,23-25H2,1-4H3,(H,38,42)/t34-/m1/s1. The highest BCUT2D eigenvalue weighted by Gasteiger charge is 2.35. The predicted octanol–water partition coefficient (Wildman–Crippen LogP) is 5.59. The Labute approximate surface area is 276 Å². The number of rotatable bonds is 15. The van der Waals surface area contributed by atoms with E-state index in [0.29, 0.717) is 23.7 Å². The van der Waals surface area contributed by atoms with Gasteiger partial charge in [0, 0.05) is 19.0 Å². The first-order valence-electron chi connectivity index (χ1n) is 15.3. The monoisotopic (exact) mass is 661 g/mol. The largest absolute Gasteiger partial charge is 0.497 e. The van der Waals surface area contributed by atoms with Crippen LogP contribution < -0.4 is 19.1 Å². The second-order valence-electron chi connectivity index (χ2n) is 11.1. The minimum Gasteiger partial charge on any atom is -0.497 e. The Morgan fingerprint density at radius 1 is 0.851 bits per heavy atom. The average molecular weight is 662 g/mol. The molecule has 0 spiro atoms. The van der Waals surface area contributed by atoms with Gasteiger partial charge in [0.05, 0.1) is 24.3 Å². The summed E-state index contributed by atoms with van der Waals surface area (Å²) in [5.74, 6) is -0.534. The Kier molecular flexibility index (Phi) is 12.0. The van der Waals surface area contributed by atoms with E-state index in [9.17, 15) is 22.4 Å². The van der Waals surface area contributed by atoms with Crippen molar-refractivity contribution in [1.29, 1.82) is 0 Å². The number of carbonyl (C=O) groups is 2. The van der Waals surface area contributed by atoms with E-state index in [0.717, 1.165) is 22.0 Å². The molecular formula is C36H40FN3O6S. The van der Waals surface area contributed by atoms with Crippen molar-refractivity contribution >= 4 is 27.5 Å². The Bertz CT molecular complexity index is 1730. The lowest BCUT2D eigenvalue weighted by Gasteiger charge is -2.34. The fourth-order valence-corrected chi connectivity index (χ4v) is 6.45. The Morgan fingerprint density at radius 2 is 1.51 bits per heavy atom. The summed E-state index contributed by atoms with van der Waals surface area (Å²) >= 11 is 0. The molecule has 0 radical (unpaired) electrons. The highest BCUT2D eigenvalue weighted by molar-refractivity contribution is 7.92. The van der Waals surface area contributed by atoms with Crippen molar-refractivity contribution in [2.75, 3.05) is 24.6 Å². The lowest BCUT2D eigenvalue weighted by molar-refractivity contribution is -0.140. The number of benzene rings is 4. The van der Waals surface area contributed by atoms with Crippen molar-refractivity contribution in [1.82, 2.24) is 10.2 Å². The van der Waals surface area contributed by atoms with Crippen LogP contribution in [0, 0.1) is 5.82 Å².